The Morgan fingerprint density at radius 3 is 2.48 bits per heavy atom. The van der Waals surface area contributed by atoms with Crippen LogP contribution in [0.3, 0.4) is 0 Å². The minimum Gasteiger partial charge on any atom is -1.00 e. The van der Waals surface area contributed by atoms with Gasteiger partial charge in [-0.25, -0.2) is 0 Å². The molecule has 4 unspecified atom stereocenters. The van der Waals surface area contributed by atoms with Gasteiger partial charge in [0, 0.05) is 0 Å². The van der Waals surface area contributed by atoms with Gasteiger partial charge in [0.2, 0.25) is 6.23 Å². The molecule has 0 amide bonds. The third kappa shape index (κ3) is 2.44. The van der Waals surface area contributed by atoms with Gasteiger partial charge in [-0.3, -0.25) is 0 Å². The van der Waals surface area contributed by atoms with E-state index in [0.29, 0.717) is 18.2 Å². The molecule has 2 heterocycles. The molecule has 0 aliphatic carbocycles. The Morgan fingerprint density at radius 1 is 0.952 bits per heavy atom. The van der Waals surface area contributed by atoms with Gasteiger partial charge in [0.1, 0.15) is 6.10 Å². The summed E-state index contributed by atoms with van der Waals surface area (Å²) in [5, 5.41) is 2.34. The quantitative estimate of drug-likeness (QED) is 0.725. The third-order valence-corrected chi connectivity index (χ3v) is 4.83. The first-order valence-corrected chi connectivity index (χ1v) is 7.37. The van der Waals surface area contributed by atoms with Crippen LogP contribution in [0, 0.1) is 13.8 Å². The third-order valence-electron chi connectivity index (χ3n) is 4.83. The summed E-state index contributed by atoms with van der Waals surface area (Å²) in [6.07, 6.45) is 0.571. The van der Waals surface area contributed by atoms with E-state index in [-0.39, 0.29) is 23.1 Å². The minimum absolute atomic E-state index is 0. The molecule has 110 valence electrons. The van der Waals surface area contributed by atoms with Crippen LogP contribution in [0.4, 0.5) is 0 Å². The maximum atomic E-state index is 6.23. The van der Waals surface area contributed by atoms with E-state index in [9.17, 15) is 0 Å². The van der Waals surface area contributed by atoms with Crippen LogP contribution >= 0.6 is 0 Å². The fraction of sp³-hybridized carbons (Fsp3) is 0.333. The number of hydrogen-bond acceptors (Lipinski definition) is 1. The molecule has 0 spiro atoms. The van der Waals surface area contributed by atoms with Crippen LogP contribution in [0.1, 0.15) is 34.3 Å². The number of rotatable bonds is 2. The van der Waals surface area contributed by atoms with Crippen LogP contribution in [-0.4, -0.2) is 12.3 Å². The molecular formula is C18H20BrNO. The zero-order chi connectivity index (χ0) is 13.7. The Bertz CT molecular complexity index is 643. The van der Waals surface area contributed by atoms with Crippen molar-refractivity contribution in [1.29, 1.82) is 0 Å². The molecule has 21 heavy (non-hydrogen) atoms. The molecule has 2 aliphatic rings. The summed E-state index contributed by atoms with van der Waals surface area (Å²) in [5.74, 6) is 0.474. The van der Waals surface area contributed by atoms with Crippen LogP contribution in [0.25, 0.3) is 0 Å². The lowest BCUT2D eigenvalue weighted by atomic mass is 9.84. The first-order chi connectivity index (χ1) is 9.75. The number of halogens is 1. The summed E-state index contributed by atoms with van der Waals surface area (Å²) >= 11 is 0. The second kappa shape index (κ2) is 5.56. The van der Waals surface area contributed by atoms with Crippen molar-refractivity contribution in [3.63, 3.8) is 0 Å². The first kappa shape index (κ1) is 14.8. The summed E-state index contributed by atoms with van der Waals surface area (Å²) in [7, 11) is 0. The number of hydrogen-bond donors (Lipinski definition) is 1. The highest BCUT2D eigenvalue weighted by Crippen LogP contribution is 2.46. The van der Waals surface area contributed by atoms with Crippen molar-refractivity contribution in [2.45, 2.75) is 38.1 Å². The fourth-order valence-corrected chi connectivity index (χ4v) is 3.50. The molecule has 4 rings (SSSR count). The van der Waals surface area contributed by atoms with Crippen LogP contribution in [-0.2, 0) is 4.74 Å². The van der Waals surface area contributed by atoms with Crippen molar-refractivity contribution in [3.05, 3.63) is 70.8 Å². The predicted molar refractivity (Wildman–Crippen MR) is 78.4 cm³/mol. The minimum atomic E-state index is 0. The topological polar surface area (TPSA) is 25.8 Å². The average molecular weight is 346 g/mol. The number of ether oxygens (including phenoxy) is 1. The smallest absolute Gasteiger partial charge is 0.245 e. The molecular weight excluding hydrogens is 326 g/mol. The Kier molecular flexibility index (Phi) is 3.91. The Morgan fingerprint density at radius 2 is 1.71 bits per heavy atom. The summed E-state index contributed by atoms with van der Waals surface area (Å²) in [4.78, 5) is 0. The van der Waals surface area contributed by atoms with Crippen molar-refractivity contribution in [2.75, 3.05) is 0 Å². The molecule has 2 aromatic carbocycles. The van der Waals surface area contributed by atoms with Crippen LogP contribution in [0.2, 0.25) is 0 Å². The lowest BCUT2D eigenvalue weighted by Crippen LogP contribution is -3.00. The van der Waals surface area contributed by atoms with E-state index in [2.05, 4.69) is 67.7 Å². The van der Waals surface area contributed by atoms with Gasteiger partial charge >= 0.3 is 0 Å². The molecule has 0 radical (unpaired) electrons. The molecule has 4 atom stereocenters. The highest BCUT2D eigenvalue weighted by Gasteiger charge is 2.62. The highest BCUT2D eigenvalue weighted by atomic mass is 79.9. The van der Waals surface area contributed by atoms with E-state index in [0.717, 1.165) is 0 Å². The SMILES string of the molecule is Cc1cccc(C2C(c3ccccc3)OC3[NH2+]C32)c1C.[Br-]. The van der Waals surface area contributed by atoms with Crippen LogP contribution in [0.5, 0.6) is 0 Å². The lowest BCUT2D eigenvalue weighted by molar-refractivity contribution is -0.562. The van der Waals surface area contributed by atoms with Crippen molar-refractivity contribution in [1.82, 2.24) is 0 Å². The van der Waals surface area contributed by atoms with Gasteiger partial charge in [0.25, 0.3) is 0 Å². The van der Waals surface area contributed by atoms with E-state index in [1.54, 1.807) is 0 Å². The van der Waals surface area contributed by atoms with Gasteiger partial charge in [-0.1, -0.05) is 48.5 Å². The van der Waals surface area contributed by atoms with E-state index in [4.69, 9.17) is 4.74 Å². The number of benzene rings is 2. The first-order valence-electron chi connectivity index (χ1n) is 7.37. The summed E-state index contributed by atoms with van der Waals surface area (Å²) in [5.41, 5.74) is 5.56. The largest absolute Gasteiger partial charge is 1.00 e. The number of aryl methyl sites for hydroxylation is 1. The number of fused-ring (bicyclic) bond motifs is 1. The van der Waals surface area contributed by atoms with Crippen molar-refractivity contribution in [2.24, 2.45) is 0 Å². The molecule has 2 fully saturated rings. The Labute approximate surface area is 136 Å². The number of nitrogens with two attached hydrogens (primary N) is 1. The molecule has 2 aromatic rings. The Balaban J connectivity index is 0.00000132. The van der Waals surface area contributed by atoms with Gasteiger partial charge in [-0.05, 0) is 36.1 Å². The van der Waals surface area contributed by atoms with Gasteiger partial charge in [-0.2, -0.15) is 0 Å². The molecule has 0 saturated carbocycles. The zero-order valence-corrected chi connectivity index (χ0v) is 13.9. The van der Waals surface area contributed by atoms with E-state index in [1.165, 1.54) is 22.3 Å². The number of quaternary nitrogens is 1. The van der Waals surface area contributed by atoms with Gasteiger partial charge in [-0.15, -0.1) is 0 Å². The standard InChI is InChI=1S/C18H19NO.BrH/c1-11-7-6-10-14(12(11)2)15-16-18(19-16)20-17(15)13-8-4-3-5-9-13;/h3-10,15-19H,1-2H3;1H. The average Bonchev–Trinajstić information content (AvgIpc) is 3.15. The lowest BCUT2D eigenvalue weighted by Gasteiger charge is -2.22. The fourth-order valence-electron chi connectivity index (χ4n) is 3.50. The monoisotopic (exact) mass is 345 g/mol. The highest BCUT2D eigenvalue weighted by molar-refractivity contribution is 5.40. The molecule has 0 bridgehead atoms. The van der Waals surface area contributed by atoms with Crippen LogP contribution < -0.4 is 22.3 Å². The zero-order valence-electron chi connectivity index (χ0n) is 12.3. The van der Waals surface area contributed by atoms with Crippen molar-refractivity contribution < 1.29 is 27.0 Å². The Hall–Kier alpha value is -1.16. The van der Waals surface area contributed by atoms with Crippen molar-refractivity contribution >= 4 is 0 Å². The summed E-state index contributed by atoms with van der Waals surface area (Å²) in [6, 6.07) is 17.9. The normalized spacial score (nSPS) is 29.6. The molecule has 0 aromatic heterocycles. The maximum absolute atomic E-state index is 6.23. The maximum Gasteiger partial charge on any atom is 0.245 e. The molecule has 2 N–H and O–H groups in total. The van der Waals surface area contributed by atoms with E-state index >= 15 is 0 Å². The van der Waals surface area contributed by atoms with Crippen LogP contribution in [0.15, 0.2) is 48.5 Å². The van der Waals surface area contributed by atoms with E-state index in [1.807, 2.05) is 0 Å². The van der Waals surface area contributed by atoms with E-state index < -0.39 is 0 Å². The molecule has 2 nitrogen and oxygen atoms in total. The summed E-state index contributed by atoms with van der Waals surface area (Å²) in [6.45, 7) is 4.43. The van der Waals surface area contributed by atoms with Crippen molar-refractivity contribution in [3.8, 4) is 0 Å². The second-order valence-electron chi connectivity index (χ2n) is 6.02. The van der Waals surface area contributed by atoms with Gasteiger partial charge < -0.3 is 27.0 Å². The summed E-state index contributed by atoms with van der Waals surface area (Å²) < 4.78 is 6.23. The molecule has 3 heteroatoms. The molecule has 2 aliphatic heterocycles. The predicted octanol–water partition coefficient (Wildman–Crippen LogP) is -0.566. The van der Waals surface area contributed by atoms with Gasteiger partial charge in [0.15, 0.2) is 6.04 Å². The second-order valence-corrected chi connectivity index (χ2v) is 6.02. The molecule has 2 saturated heterocycles. The van der Waals surface area contributed by atoms with Gasteiger partial charge in [0.05, 0.1) is 5.92 Å².